The molecule has 2 aliphatic heterocycles. The van der Waals surface area contributed by atoms with E-state index in [0.29, 0.717) is 10.0 Å². The van der Waals surface area contributed by atoms with Gasteiger partial charge in [0.05, 0.1) is 12.3 Å². The third-order valence-corrected chi connectivity index (χ3v) is 5.20. The lowest BCUT2D eigenvalue weighted by Gasteiger charge is -2.38. The van der Waals surface area contributed by atoms with Crippen LogP contribution in [0.2, 0.25) is 10.0 Å². The quantitative estimate of drug-likeness (QED) is 0.557. The number of ether oxygens (including phenoxy) is 1. The topological polar surface area (TPSA) is 38.0 Å². The Balaban J connectivity index is 1.61. The number of hydrazone groups is 1. The molecule has 0 fully saturated rings. The Bertz CT molecular complexity index is 984. The molecule has 3 heterocycles. The lowest BCUT2D eigenvalue weighted by atomic mass is 9.97. The predicted octanol–water partition coefficient (Wildman–Crippen LogP) is 5.83. The Hall–Kier alpha value is -2.43. The van der Waals surface area contributed by atoms with Gasteiger partial charge in [-0.25, -0.2) is 5.01 Å². The summed E-state index contributed by atoms with van der Waals surface area (Å²) in [5.41, 5.74) is 2.92. The van der Waals surface area contributed by atoms with Gasteiger partial charge in [-0.1, -0.05) is 35.3 Å². The van der Waals surface area contributed by atoms with Crippen LogP contribution in [0.15, 0.2) is 70.4 Å². The van der Waals surface area contributed by atoms with Crippen LogP contribution in [-0.4, -0.2) is 10.7 Å². The van der Waals surface area contributed by atoms with Crippen molar-refractivity contribution in [3.8, 4) is 5.75 Å². The SMILES string of the molecule is Clc1ccc([C@@H]2Oc3ccc(Cl)cc3[C@H]3CC(c4ccco4)=NN32)cc1. The summed E-state index contributed by atoms with van der Waals surface area (Å²) in [6.45, 7) is 0. The molecule has 0 spiro atoms. The lowest BCUT2D eigenvalue weighted by molar-refractivity contribution is -0.0190. The Kier molecular flexibility index (Phi) is 3.69. The molecule has 1 aromatic heterocycles. The van der Waals surface area contributed by atoms with Gasteiger partial charge in [-0.15, -0.1) is 0 Å². The van der Waals surface area contributed by atoms with E-state index in [4.69, 9.17) is 37.5 Å². The molecule has 0 amide bonds. The Morgan fingerprint density at radius 2 is 1.81 bits per heavy atom. The molecule has 4 nitrogen and oxygen atoms in total. The van der Waals surface area contributed by atoms with E-state index in [0.717, 1.165) is 34.8 Å². The van der Waals surface area contributed by atoms with E-state index in [1.807, 2.05) is 59.6 Å². The fraction of sp³-hybridized carbons (Fsp3) is 0.150. The van der Waals surface area contributed by atoms with Crippen LogP contribution in [0.5, 0.6) is 5.75 Å². The van der Waals surface area contributed by atoms with Crippen molar-refractivity contribution in [3.63, 3.8) is 0 Å². The highest BCUT2D eigenvalue weighted by Gasteiger charge is 2.41. The first-order valence-electron chi connectivity index (χ1n) is 8.30. The summed E-state index contributed by atoms with van der Waals surface area (Å²) in [4.78, 5) is 0. The van der Waals surface area contributed by atoms with E-state index >= 15 is 0 Å². The second kappa shape index (κ2) is 6.08. The van der Waals surface area contributed by atoms with Gasteiger partial charge < -0.3 is 9.15 Å². The maximum atomic E-state index is 6.28. The first kappa shape index (κ1) is 15.8. The monoisotopic (exact) mass is 384 g/mol. The molecular formula is C20H14Cl2N2O2. The second-order valence-electron chi connectivity index (χ2n) is 6.33. The Labute approximate surface area is 160 Å². The van der Waals surface area contributed by atoms with Crippen LogP contribution in [0.1, 0.15) is 35.6 Å². The predicted molar refractivity (Wildman–Crippen MR) is 101 cm³/mol. The Morgan fingerprint density at radius 3 is 2.58 bits per heavy atom. The lowest BCUT2D eigenvalue weighted by Crippen LogP contribution is -2.33. The summed E-state index contributed by atoms with van der Waals surface area (Å²) in [6.07, 6.45) is 2.06. The van der Waals surface area contributed by atoms with Crippen LogP contribution in [0, 0.1) is 0 Å². The molecule has 2 aliphatic rings. The molecule has 0 aliphatic carbocycles. The van der Waals surface area contributed by atoms with E-state index in [-0.39, 0.29) is 12.3 Å². The molecule has 3 aromatic rings. The van der Waals surface area contributed by atoms with Gasteiger partial charge >= 0.3 is 0 Å². The number of furan rings is 1. The maximum absolute atomic E-state index is 6.28. The molecule has 0 saturated carbocycles. The first-order valence-corrected chi connectivity index (χ1v) is 9.06. The van der Waals surface area contributed by atoms with Gasteiger partial charge in [-0.05, 0) is 42.5 Å². The zero-order chi connectivity index (χ0) is 17.7. The number of nitrogens with zero attached hydrogens (tertiary/aromatic N) is 2. The molecule has 0 N–H and O–H groups in total. The zero-order valence-corrected chi connectivity index (χ0v) is 15.1. The van der Waals surface area contributed by atoms with Gasteiger partial charge in [0, 0.05) is 27.6 Å². The highest BCUT2D eigenvalue weighted by molar-refractivity contribution is 6.30. The summed E-state index contributed by atoms with van der Waals surface area (Å²) in [7, 11) is 0. The van der Waals surface area contributed by atoms with E-state index in [1.165, 1.54) is 0 Å². The van der Waals surface area contributed by atoms with Gasteiger partial charge in [-0.2, -0.15) is 5.10 Å². The van der Waals surface area contributed by atoms with E-state index in [2.05, 4.69) is 0 Å². The number of benzene rings is 2. The molecule has 6 heteroatoms. The summed E-state index contributed by atoms with van der Waals surface area (Å²) < 4.78 is 11.8. The number of halogens is 2. The van der Waals surface area contributed by atoms with Crippen molar-refractivity contribution in [1.82, 2.24) is 5.01 Å². The fourth-order valence-electron chi connectivity index (χ4n) is 3.50. The van der Waals surface area contributed by atoms with Crippen LogP contribution in [0.25, 0.3) is 0 Å². The summed E-state index contributed by atoms with van der Waals surface area (Å²) >= 11 is 12.3. The highest BCUT2D eigenvalue weighted by Crippen LogP contribution is 2.48. The number of hydrogen-bond donors (Lipinski definition) is 0. The van der Waals surface area contributed by atoms with Gasteiger partial charge in [0.2, 0.25) is 6.23 Å². The van der Waals surface area contributed by atoms with Crippen LogP contribution in [-0.2, 0) is 0 Å². The Morgan fingerprint density at radius 1 is 1.00 bits per heavy atom. The average Bonchev–Trinajstić information content (AvgIpc) is 3.32. The van der Waals surface area contributed by atoms with Crippen molar-refractivity contribution < 1.29 is 9.15 Å². The number of rotatable bonds is 2. The van der Waals surface area contributed by atoms with Crippen LogP contribution >= 0.6 is 23.2 Å². The van der Waals surface area contributed by atoms with E-state index < -0.39 is 0 Å². The van der Waals surface area contributed by atoms with E-state index in [1.54, 1.807) is 6.26 Å². The molecule has 0 saturated heterocycles. The van der Waals surface area contributed by atoms with Crippen LogP contribution < -0.4 is 4.74 Å². The highest BCUT2D eigenvalue weighted by atomic mass is 35.5. The third kappa shape index (κ3) is 2.57. The van der Waals surface area contributed by atoms with Gasteiger partial charge in [0.15, 0.2) is 0 Å². The summed E-state index contributed by atoms with van der Waals surface area (Å²) in [5.74, 6) is 1.60. The van der Waals surface area contributed by atoms with Crippen molar-refractivity contribution in [2.75, 3.05) is 0 Å². The smallest absolute Gasteiger partial charge is 0.213 e. The van der Waals surface area contributed by atoms with Crippen LogP contribution in [0.3, 0.4) is 0 Å². The standard InChI is InChI=1S/C20H14Cl2N2O2/c21-13-5-3-12(4-6-13)20-24-17(11-16(23-24)19-2-1-9-25-19)15-10-14(22)7-8-18(15)26-20/h1-10,17,20H,11H2/t17-,20+/m1/s1. The molecule has 2 aromatic carbocycles. The maximum Gasteiger partial charge on any atom is 0.213 e. The first-order chi connectivity index (χ1) is 12.7. The van der Waals surface area contributed by atoms with Gasteiger partial charge in [0.1, 0.15) is 17.2 Å². The minimum atomic E-state index is -0.335. The average molecular weight is 385 g/mol. The summed E-state index contributed by atoms with van der Waals surface area (Å²) in [5, 5.41) is 8.18. The summed E-state index contributed by atoms with van der Waals surface area (Å²) in [6, 6.07) is 17.2. The van der Waals surface area contributed by atoms with Gasteiger partial charge in [0.25, 0.3) is 0 Å². The van der Waals surface area contributed by atoms with E-state index in [9.17, 15) is 0 Å². The molecule has 26 heavy (non-hydrogen) atoms. The molecular weight excluding hydrogens is 371 g/mol. The van der Waals surface area contributed by atoms with Crippen molar-refractivity contribution in [2.24, 2.45) is 5.10 Å². The zero-order valence-electron chi connectivity index (χ0n) is 13.6. The van der Waals surface area contributed by atoms with Crippen molar-refractivity contribution >= 4 is 28.9 Å². The molecule has 2 atom stereocenters. The second-order valence-corrected chi connectivity index (χ2v) is 7.20. The fourth-order valence-corrected chi connectivity index (χ4v) is 3.80. The van der Waals surface area contributed by atoms with Crippen LogP contribution in [0.4, 0.5) is 0 Å². The van der Waals surface area contributed by atoms with Crippen molar-refractivity contribution in [2.45, 2.75) is 18.7 Å². The molecule has 5 rings (SSSR count). The van der Waals surface area contributed by atoms with Crippen molar-refractivity contribution in [1.29, 1.82) is 0 Å². The molecule has 130 valence electrons. The largest absolute Gasteiger partial charge is 0.464 e. The van der Waals surface area contributed by atoms with Crippen molar-refractivity contribution in [3.05, 3.63) is 87.8 Å². The molecule has 0 bridgehead atoms. The molecule has 0 unspecified atom stereocenters. The number of hydrogen-bond acceptors (Lipinski definition) is 4. The number of fused-ring (bicyclic) bond motifs is 3. The normalized spacial score (nSPS) is 21.0. The minimum absolute atomic E-state index is 0.0400. The third-order valence-electron chi connectivity index (χ3n) is 4.71. The van der Waals surface area contributed by atoms with Gasteiger partial charge in [-0.3, -0.25) is 0 Å². The minimum Gasteiger partial charge on any atom is -0.464 e. The molecule has 0 radical (unpaired) electrons.